The summed E-state index contributed by atoms with van der Waals surface area (Å²) in [5.74, 6) is 0.145. The number of hydrogen-bond donors (Lipinski definition) is 1. The zero-order chi connectivity index (χ0) is 21.2. The summed E-state index contributed by atoms with van der Waals surface area (Å²) < 4.78 is 33.4. The normalized spacial score (nSPS) is 12.7. The minimum atomic E-state index is -4.17. The van der Waals surface area contributed by atoms with Crippen molar-refractivity contribution in [3.63, 3.8) is 0 Å². The van der Waals surface area contributed by atoms with Crippen LogP contribution in [0.4, 0.5) is 0 Å². The summed E-state index contributed by atoms with van der Waals surface area (Å²) in [7, 11) is -2.69. The number of methoxy groups -OCH3 is 1. The molecule has 0 saturated carbocycles. The highest BCUT2D eigenvalue weighted by Gasteiger charge is 2.26. The summed E-state index contributed by atoms with van der Waals surface area (Å²) in [6.45, 7) is 3.53. The summed E-state index contributed by atoms with van der Waals surface area (Å²) >= 11 is 0. The Morgan fingerprint density at radius 3 is 2.31 bits per heavy atom. The molecular weight excluding hydrogens is 394 g/mol. The molecule has 29 heavy (non-hydrogen) atoms. The molecule has 1 amide bonds. The lowest BCUT2D eigenvalue weighted by Crippen LogP contribution is -2.38. The number of hydrogen-bond acceptors (Lipinski definition) is 5. The fourth-order valence-electron chi connectivity index (χ4n) is 2.98. The van der Waals surface area contributed by atoms with Crippen LogP contribution in [0.3, 0.4) is 0 Å². The monoisotopic (exact) mass is 417 g/mol. The van der Waals surface area contributed by atoms with Crippen LogP contribution in [0.1, 0.15) is 20.3 Å². The van der Waals surface area contributed by atoms with Gasteiger partial charge in [-0.1, -0.05) is 19.1 Å². The van der Waals surface area contributed by atoms with Gasteiger partial charge >= 0.3 is 5.69 Å². The zero-order valence-electron chi connectivity index (χ0n) is 16.5. The first-order valence-corrected chi connectivity index (χ1v) is 10.6. The number of fused-ring (bicyclic) bond motifs is 1. The third-order valence-electron chi connectivity index (χ3n) is 4.72. The van der Waals surface area contributed by atoms with Crippen molar-refractivity contribution in [2.75, 3.05) is 7.11 Å². The molecule has 1 atom stereocenters. The van der Waals surface area contributed by atoms with Gasteiger partial charge in [0.2, 0.25) is 5.91 Å². The van der Waals surface area contributed by atoms with Crippen LogP contribution in [0, 0.1) is 0 Å². The van der Waals surface area contributed by atoms with Gasteiger partial charge in [0, 0.05) is 6.04 Å². The van der Waals surface area contributed by atoms with Crippen molar-refractivity contribution < 1.29 is 17.9 Å². The maximum atomic E-state index is 13.2. The van der Waals surface area contributed by atoms with Crippen LogP contribution in [0.5, 0.6) is 5.75 Å². The zero-order valence-corrected chi connectivity index (χ0v) is 17.3. The van der Waals surface area contributed by atoms with Gasteiger partial charge in [-0.05, 0) is 49.7 Å². The van der Waals surface area contributed by atoms with E-state index in [4.69, 9.17) is 4.74 Å². The molecule has 0 aliphatic rings. The van der Waals surface area contributed by atoms with E-state index >= 15 is 0 Å². The average molecular weight is 417 g/mol. The molecule has 0 saturated heterocycles. The highest BCUT2D eigenvalue weighted by atomic mass is 32.2. The molecule has 3 aromatic rings. The van der Waals surface area contributed by atoms with E-state index in [1.165, 1.54) is 35.9 Å². The lowest BCUT2D eigenvalue weighted by Gasteiger charge is -2.11. The highest BCUT2D eigenvalue weighted by Crippen LogP contribution is 2.21. The van der Waals surface area contributed by atoms with Crippen LogP contribution in [0.15, 0.2) is 58.2 Å². The number of nitrogens with zero attached hydrogens (tertiary/aromatic N) is 2. The van der Waals surface area contributed by atoms with Gasteiger partial charge in [-0.2, -0.15) is 3.97 Å². The van der Waals surface area contributed by atoms with Crippen LogP contribution >= 0.6 is 0 Å². The Hall–Kier alpha value is -3.07. The molecule has 8 nitrogen and oxygen atoms in total. The van der Waals surface area contributed by atoms with E-state index in [2.05, 4.69) is 5.32 Å². The molecule has 0 unspecified atom stereocenters. The molecule has 0 spiro atoms. The summed E-state index contributed by atoms with van der Waals surface area (Å²) in [6.07, 6.45) is 0.744. The topological polar surface area (TPSA) is 99.4 Å². The van der Waals surface area contributed by atoms with E-state index in [1.807, 2.05) is 13.8 Å². The Morgan fingerprint density at radius 2 is 1.72 bits per heavy atom. The van der Waals surface area contributed by atoms with Crippen LogP contribution < -0.4 is 15.7 Å². The second kappa shape index (κ2) is 8.12. The largest absolute Gasteiger partial charge is 0.497 e. The molecule has 0 aliphatic carbocycles. The Kier molecular flexibility index (Phi) is 5.78. The van der Waals surface area contributed by atoms with Gasteiger partial charge in [-0.15, -0.1) is 0 Å². The van der Waals surface area contributed by atoms with Crippen LogP contribution in [-0.2, 0) is 21.4 Å². The number of para-hydroxylation sites is 2. The number of carbonyl (C=O) groups is 1. The van der Waals surface area contributed by atoms with E-state index in [0.29, 0.717) is 11.3 Å². The summed E-state index contributed by atoms with van der Waals surface area (Å²) in [4.78, 5) is 25.3. The number of imidazole rings is 1. The van der Waals surface area contributed by atoms with E-state index in [1.54, 1.807) is 24.3 Å². The maximum Gasteiger partial charge on any atom is 0.343 e. The first kappa shape index (κ1) is 20.7. The fourth-order valence-corrected chi connectivity index (χ4v) is 4.39. The first-order chi connectivity index (χ1) is 13.8. The van der Waals surface area contributed by atoms with Gasteiger partial charge in [0.05, 0.1) is 23.0 Å². The highest BCUT2D eigenvalue weighted by molar-refractivity contribution is 7.90. The SMILES string of the molecule is CC[C@@H](C)NC(=O)Cn1c(=O)n(S(=O)(=O)c2ccc(OC)cc2)c2ccccc21. The van der Waals surface area contributed by atoms with Gasteiger partial charge in [-0.25, -0.2) is 13.2 Å². The van der Waals surface area contributed by atoms with Crippen molar-refractivity contribution in [3.05, 3.63) is 59.0 Å². The van der Waals surface area contributed by atoms with Crippen molar-refractivity contribution >= 4 is 27.0 Å². The van der Waals surface area contributed by atoms with Crippen molar-refractivity contribution in [1.29, 1.82) is 0 Å². The van der Waals surface area contributed by atoms with Crippen LogP contribution in [-0.4, -0.2) is 36.0 Å². The van der Waals surface area contributed by atoms with Crippen molar-refractivity contribution in [3.8, 4) is 5.75 Å². The number of nitrogens with one attached hydrogen (secondary N) is 1. The minimum absolute atomic E-state index is 0.0467. The summed E-state index contributed by atoms with van der Waals surface area (Å²) in [6, 6.07) is 12.2. The third kappa shape index (κ3) is 3.91. The fraction of sp³-hybridized carbons (Fsp3) is 0.300. The number of amides is 1. The lowest BCUT2D eigenvalue weighted by atomic mass is 10.2. The van der Waals surface area contributed by atoms with Crippen LogP contribution in [0.25, 0.3) is 11.0 Å². The summed E-state index contributed by atoms with van der Waals surface area (Å²) in [5, 5.41) is 2.79. The van der Waals surface area contributed by atoms with Gasteiger partial charge in [-0.3, -0.25) is 9.36 Å². The second-order valence-corrected chi connectivity index (χ2v) is 8.47. The molecule has 0 aliphatic heterocycles. The predicted octanol–water partition coefficient (Wildman–Crippen LogP) is 1.96. The Bertz CT molecular complexity index is 1190. The molecule has 1 heterocycles. The predicted molar refractivity (Wildman–Crippen MR) is 110 cm³/mol. The molecule has 0 bridgehead atoms. The third-order valence-corrected chi connectivity index (χ3v) is 6.42. The number of rotatable bonds is 7. The van der Waals surface area contributed by atoms with Gasteiger partial charge < -0.3 is 10.1 Å². The Morgan fingerprint density at radius 1 is 1.10 bits per heavy atom. The van der Waals surface area contributed by atoms with Crippen molar-refractivity contribution in [1.82, 2.24) is 13.9 Å². The molecule has 154 valence electrons. The van der Waals surface area contributed by atoms with Crippen LogP contribution in [0.2, 0.25) is 0 Å². The molecule has 0 radical (unpaired) electrons. The van der Waals surface area contributed by atoms with Gasteiger partial charge in [0.25, 0.3) is 10.0 Å². The molecule has 1 aromatic heterocycles. The number of benzene rings is 2. The smallest absolute Gasteiger partial charge is 0.343 e. The number of carbonyl (C=O) groups excluding carboxylic acids is 1. The van der Waals surface area contributed by atoms with E-state index in [-0.39, 0.29) is 28.9 Å². The molecule has 0 fully saturated rings. The molecule has 3 rings (SSSR count). The quantitative estimate of drug-likeness (QED) is 0.634. The van der Waals surface area contributed by atoms with E-state index in [0.717, 1.165) is 10.4 Å². The number of ether oxygens (including phenoxy) is 1. The molecule has 2 aromatic carbocycles. The molecular formula is C20H23N3O5S. The van der Waals surface area contributed by atoms with E-state index in [9.17, 15) is 18.0 Å². The van der Waals surface area contributed by atoms with Gasteiger partial charge in [0.15, 0.2) is 0 Å². The van der Waals surface area contributed by atoms with Gasteiger partial charge in [0.1, 0.15) is 12.3 Å². The second-order valence-electron chi connectivity index (χ2n) is 6.68. The molecule has 1 N–H and O–H groups in total. The van der Waals surface area contributed by atoms with Crippen molar-refractivity contribution in [2.24, 2.45) is 0 Å². The average Bonchev–Trinajstić information content (AvgIpc) is 3.00. The summed E-state index contributed by atoms with van der Waals surface area (Å²) in [5.41, 5.74) is -0.208. The number of aromatic nitrogens is 2. The maximum absolute atomic E-state index is 13.2. The Balaban J connectivity index is 2.12. The minimum Gasteiger partial charge on any atom is -0.497 e. The van der Waals surface area contributed by atoms with E-state index < -0.39 is 15.7 Å². The lowest BCUT2D eigenvalue weighted by molar-refractivity contribution is -0.122. The Labute approximate surface area is 168 Å². The van der Waals surface area contributed by atoms with Crippen molar-refractivity contribution in [2.45, 2.75) is 37.8 Å². The first-order valence-electron chi connectivity index (χ1n) is 9.18. The molecule has 9 heteroatoms. The standard InChI is InChI=1S/C20H23N3O5S/c1-4-14(2)21-19(24)13-22-17-7-5-6-8-18(17)23(20(22)25)29(26,27)16-11-9-15(28-3)10-12-16/h5-12,14H,4,13H2,1-3H3,(H,21,24)/t14-/m1/s1.